The van der Waals surface area contributed by atoms with Gasteiger partial charge in [-0.05, 0) is 26.7 Å². The number of aryl methyl sites for hydroxylation is 1. The molecular formula is C12H18N2O5S. The normalized spacial score (nSPS) is 23.6. The Hall–Kier alpha value is -1.38. The molecule has 1 aliphatic rings. The van der Waals surface area contributed by atoms with Crippen LogP contribution in [-0.4, -0.2) is 33.1 Å². The highest BCUT2D eigenvalue weighted by Crippen LogP contribution is 2.19. The highest BCUT2D eigenvalue weighted by atomic mass is 32.2. The summed E-state index contributed by atoms with van der Waals surface area (Å²) in [7, 11) is -3.88. The minimum absolute atomic E-state index is 0.00501. The lowest BCUT2D eigenvalue weighted by Gasteiger charge is -2.27. The largest absolute Gasteiger partial charge is 0.455 e. The van der Waals surface area contributed by atoms with Crippen molar-refractivity contribution in [1.29, 1.82) is 0 Å². The van der Waals surface area contributed by atoms with Gasteiger partial charge >= 0.3 is 0 Å². The zero-order valence-electron chi connectivity index (χ0n) is 11.4. The monoisotopic (exact) mass is 302 g/mol. The Morgan fingerprint density at radius 2 is 2.20 bits per heavy atom. The van der Waals surface area contributed by atoms with Crippen LogP contribution in [-0.2, 0) is 14.8 Å². The minimum Gasteiger partial charge on any atom is -0.455 e. The number of carbonyl (C=O) groups excluding carboxylic acids is 1. The van der Waals surface area contributed by atoms with Crippen LogP contribution in [0.1, 0.15) is 36.1 Å². The van der Waals surface area contributed by atoms with Crippen LogP contribution in [0.5, 0.6) is 0 Å². The summed E-state index contributed by atoms with van der Waals surface area (Å²) in [6, 6.07) is 1.15. The van der Waals surface area contributed by atoms with Crippen LogP contribution in [0.3, 0.4) is 0 Å². The van der Waals surface area contributed by atoms with Gasteiger partial charge < -0.3 is 14.5 Å². The molecule has 20 heavy (non-hydrogen) atoms. The summed E-state index contributed by atoms with van der Waals surface area (Å²) in [6.45, 7) is 3.98. The first-order valence-corrected chi connectivity index (χ1v) is 7.87. The average molecular weight is 302 g/mol. The molecule has 7 nitrogen and oxygen atoms in total. The maximum atomic E-state index is 12.0. The van der Waals surface area contributed by atoms with E-state index in [1.165, 1.54) is 6.92 Å². The van der Waals surface area contributed by atoms with Crippen molar-refractivity contribution >= 4 is 15.9 Å². The van der Waals surface area contributed by atoms with E-state index in [4.69, 9.17) is 14.3 Å². The highest BCUT2D eigenvalue weighted by molar-refractivity contribution is 7.89. The van der Waals surface area contributed by atoms with Gasteiger partial charge in [0.2, 0.25) is 10.0 Å². The number of amides is 1. The number of rotatable bonds is 3. The van der Waals surface area contributed by atoms with E-state index in [0.29, 0.717) is 13.0 Å². The molecule has 0 saturated carbocycles. The lowest BCUT2D eigenvalue weighted by molar-refractivity contribution is 0.0134. The van der Waals surface area contributed by atoms with E-state index in [1.54, 1.807) is 0 Å². The lowest BCUT2D eigenvalue weighted by atomic mass is 10.0. The van der Waals surface area contributed by atoms with Gasteiger partial charge in [-0.3, -0.25) is 4.79 Å². The van der Waals surface area contributed by atoms with E-state index >= 15 is 0 Å². The summed E-state index contributed by atoms with van der Waals surface area (Å²) in [4.78, 5) is 11.9. The molecule has 0 aliphatic carbocycles. The van der Waals surface area contributed by atoms with Crippen molar-refractivity contribution in [3.8, 4) is 0 Å². The SMILES string of the molecule is Cc1oc(C(=O)NC2CCOC(C)C2)cc1S(N)(=O)=O. The van der Waals surface area contributed by atoms with Crippen molar-refractivity contribution in [1.82, 2.24) is 5.32 Å². The summed E-state index contributed by atoms with van der Waals surface area (Å²) in [5.41, 5.74) is 0. The molecule has 2 rings (SSSR count). The van der Waals surface area contributed by atoms with Crippen LogP contribution in [0.25, 0.3) is 0 Å². The first kappa shape index (κ1) is 15.0. The fourth-order valence-electron chi connectivity index (χ4n) is 2.25. The van der Waals surface area contributed by atoms with Crippen molar-refractivity contribution < 1.29 is 22.4 Å². The summed E-state index contributed by atoms with van der Waals surface area (Å²) in [6.07, 6.45) is 1.53. The predicted octanol–water partition coefficient (Wildman–Crippen LogP) is 0.533. The summed E-state index contributed by atoms with van der Waals surface area (Å²) in [5, 5.41) is 7.85. The van der Waals surface area contributed by atoms with E-state index in [1.807, 2.05) is 6.92 Å². The Morgan fingerprint density at radius 1 is 1.50 bits per heavy atom. The maximum absolute atomic E-state index is 12.0. The minimum atomic E-state index is -3.88. The number of sulfonamides is 1. The second kappa shape index (κ2) is 5.55. The number of nitrogens with two attached hydrogens (primary N) is 1. The van der Waals surface area contributed by atoms with Crippen molar-refractivity contribution in [2.75, 3.05) is 6.61 Å². The molecular weight excluding hydrogens is 284 g/mol. The molecule has 3 N–H and O–H groups in total. The molecule has 2 atom stereocenters. The fourth-order valence-corrected chi connectivity index (χ4v) is 2.96. The molecule has 1 aromatic heterocycles. The molecule has 2 heterocycles. The highest BCUT2D eigenvalue weighted by Gasteiger charge is 2.25. The molecule has 0 bridgehead atoms. The van der Waals surface area contributed by atoms with E-state index in [2.05, 4.69) is 5.32 Å². The Balaban J connectivity index is 2.10. The molecule has 8 heteroatoms. The van der Waals surface area contributed by atoms with Gasteiger partial charge in [0.05, 0.1) is 6.10 Å². The van der Waals surface area contributed by atoms with E-state index in [0.717, 1.165) is 12.5 Å². The quantitative estimate of drug-likeness (QED) is 0.846. The van der Waals surface area contributed by atoms with Gasteiger partial charge in [-0.2, -0.15) is 0 Å². The van der Waals surface area contributed by atoms with E-state index in [9.17, 15) is 13.2 Å². The molecule has 112 valence electrons. The number of furan rings is 1. The number of hydrogen-bond donors (Lipinski definition) is 2. The second-order valence-corrected chi connectivity index (χ2v) is 6.48. The third-order valence-electron chi connectivity index (χ3n) is 3.22. The molecule has 0 spiro atoms. The molecule has 0 radical (unpaired) electrons. The molecule has 1 saturated heterocycles. The third-order valence-corrected chi connectivity index (χ3v) is 4.24. The Kier molecular flexibility index (Phi) is 4.17. The van der Waals surface area contributed by atoms with Crippen molar-refractivity contribution in [2.24, 2.45) is 5.14 Å². The Labute approximate surface area is 117 Å². The predicted molar refractivity (Wildman–Crippen MR) is 70.7 cm³/mol. The smallest absolute Gasteiger partial charge is 0.287 e. The van der Waals surface area contributed by atoms with Crippen LogP contribution in [0.4, 0.5) is 0 Å². The van der Waals surface area contributed by atoms with Crippen molar-refractivity contribution in [2.45, 2.75) is 43.7 Å². The van der Waals surface area contributed by atoms with E-state index in [-0.39, 0.29) is 28.6 Å². The van der Waals surface area contributed by atoms with Crippen molar-refractivity contribution in [3.63, 3.8) is 0 Å². The molecule has 2 unspecified atom stereocenters. The standard InChI is InChI=1S/C12H18N2O5S/c1-7-5-9(3-4-18-7)14-12(15)10-6-11(8(2)19-10)20(13,16)17/h6-7,9H,3-5H2,1-2H3,(H,14,15)(H2,13,16,17). The van der Waals surface area contributed by atoms with Gasteiger partial charge in [0.15, 0.2) is 5.76 Å². The average Bonchev–Trinajstić information content (AvgIpc) is 2.71. The summed E-state index contributed by atoms with van der Waals surface area (Å²) < 4.78 is 33.1. The molecule has 1 fully saturated rings. The third kappa shape index (κ3) is 3.38. The molecule has 1 amide bonds. The van der Waals surface area contributed by atoms with Gasteiger partial charge in [0.25, 0.3) is 5.91 Å². The first-order valence-electron chi connectivity index (χ1n) is 6.33. The topological polar surface area (TPSA) is 112 Å². The number of ether oxygens (including phenoxy) is 1. The van der Waals surface area contributed by atoms with Gasteiger partial charge in [0.1, 0.15) is 10.7 Å². The number of carbonyl (C=O) groups is 1. The van der Waals surface area contributed by atoms with Gasteiger partial charge in [-0.25, -0.2) is 13.6 Å². The summed E-state index contributed by atoms with van der Waals surface area (Å²) >= 11 is 0. The molecule has 1 aromatic rings. The fraction of sp³-hybridized carbons (Fsp3) is 0.583. The molecule has 0 aromatic carbocycles. The number of hydrogen-bond acceptors (Lipinski definition) is 5. The van der Waals surface area contributed by atoms with Gasteiger partial charge in [-0.15, -0.1) is 0 Å². The van der Waals surface area contributed by atoms with Crippen LogP contribution in [0, 0.1) is 6.92 Å². The Bertz CT molecular complexity index is 607. The van der Waals surface area contributed by atoms with Crippen LogP contribution < -0.4 is 10.5 Å². The molecule has 1 aliphatic heterocycles. The van der Waals surface area contributed by atoms with Crippen LogP contribution in [0.2, 0.25) is 0 Å². The second-order valence-electron chi connectivity index (χ2n) is 4.95. The zero-order chi connectivity index (χ0) is 14.9. The number of primary sulfonamides is 1. The summed E-state index contributed by atoms with van der Waals surface area (Å²) in [5.74, 6) is -0.384. The van der Waals surface area contributed by atoms with Crippen molar-refractivity contribution in [3.05, 3.63) is 17.6 Å². The van der Waals surface area contributed by atoms with Gasteiger partial charge in [0, 0.05) is 18.7 Å². The van der Waals surface area contributed by atoms with E-state index < -0.39 is 15.9 Å². The van der Waals surface area contributed by atoms with Crippen LogP contribution >= 0.6 is 0 Å². The lowest BCUT2D eigenvalue weighted by Crippen LogP contribution is -2.41. The van der Waals surface area contributed by atoms with Gasteiger partial charge in [-0.1, -0.05) is 0 Å². The first-order chi connectivity index (χ1) is 9.27. The number of nitrogens with one attached hydrogen (secondary N) is 1. The zero-order valence-corrected chi connectivity index (χ0v) is 12.2. The van der Waals surface area contributed by atoms with Crippen LogP contribution in [0.15, 0.2) is 15.4 Å². The maximum Gasteiger partial charge on any atom is 0.287 e. The Morgan fingerprint density at radius 3 is 2.75 bits per heavy atom.